The first-order valence-electron chi connectivity index (χ1n) is 7.89. The molecule has 1 aromatic rings. The van der Waals surface area contributed by atoms with Crippen molar-refractivity contribution in [1.82, 2.24) is 10.2 Å². The van der Waals surface area contributed by atoms with Crippen molar-refractivity contribution < 1.29 is 29.4 Å². The zero-order valence-electron chi connectivity index (χ0n) is 14.2. The topological polar surface area (TPSA) is 124 Å². The van der Waals surface area contributed by atoms with Gasteiger partial charge in [-0.3, -0.25) is 14.5 Å². The fraction of sp³-hybridized carbons (Fsp3) is 0.294. The van der Waals surface area contributed by atoms with E-state index < -0.39 is 35.2 Å². The summed E-state index contributed by atoms with van der Waals surface area (Å²) in [7, 11) is 0. The van der Waals surface area contributed by atoms with Gasteiger partial charge in [0.15, 0.2) is 0 Å². The average molecular weight is 408 g/mol. The number of nitrogens with one attached hydrogen (secondary N) is 1. The molecule has 1 aromatic carbocycles. The number of nitrogens with zero attached hydrogens (tertiary/aromatic N) is 1. The second-order valence-electron chi connectivity index (χ2n) is 5.90. The van der Waals surface area contributed by atoms with E-state index in [9.17, 15) is 29.4 Å². The van der Waals surface area contributed by atoms with Gasteiger partial charge in [0.2, 0.25) is 0 Å². The molecule has 0 aromatic heterocycles. The number of carbonyl (C=O) groups excluding carboxylic acids is 2. The maximum absolute atomic E-state index is 12.5. The number of thioether (sulfide) groups is 2. The number of amides is 2. The number of rotatable bonds is 6. The summed E-state index contributed by atoms with van der Waals surface area (Å²) in [5, 5.41) is 20.7. The quantitative estimate of drug-likeness (QED) is 0.598. The molecule has 3 N–H and O–H groups in total. The summed E-state index contributed by atoms with van der Waals surface area (Å²) in [5.41, 5.74) is 0.442. The van der Waals surface area contributed by atoms with Crippen molar-refractivity contribution in [2.45, 2.75) is 11.4 Å². The fourth-order valence-electron chi connectivity index (χ4n) is 3.06. The van der Waals surface area contributed by atoms with Gasteiger partial charge in [0.05, 0.1) is 11.1 Å². The summed E-state index contributed by atoms with van der Waals surface area (Å²) in [5.74, 6) is -2.64. The fourth-order valence-corrected chi connectivity index (χ4v) is 5.12. The van der Waals surface area contributed by atoms with Gasteiger partial charge in [0, 0.05) is 11.5 Å². The number of benzene rings is 1. The van der Waals surface area contributed by atoms with Gasteiger partial charge in [0.25, 0.3) is 11.8 Å². The van der Waals surface area contributed by atoms with E-state index in [1.165, 1.54) is 52.7 Å². The summed E-state index contributed by atoms with van der Waals surface area (Å²) in [6.07, 6.45) is 1.85. The largest absolute Gasteiger partial charge is 0.478 e. The maximum Gasteiger partial charge on any atom is 0.352 e. The minimum atomic E-state index is -1.24. The lowest BCUT2D eigenvalue weighted by atomic mass is 10.0. The van der Waals surface area contributed by atoms with Crippen LogP contribution in [0.3, 0.4) is 0 Å². The first-order valence-corrected chi connectivity index (χ1v) is 10.3. The Bertz CT molecular complexity index is 869. The molecule has 0 spiro atoms. The van der Waals surface area contributed by atoms with Crippen LogP contribution >= 0.6 is 23.5 Å². The minimum Gasteiger partial charge on any atom is -0.478 e. The molecule has 2 atom stereocenters. The molecule has 0 radical (unpaired) electrons. The predicted octanol–water partition coefficient (Wildman–Crippen LogP) is 1.10. The van der Waals surface area contributed by atoms with Gasteiger partial charge in [0.1, 0.15) is 17.1 Å². The van der Waals surface area contributed by atoms with Gasteiger partial charge in [-0.1, -0.05) is 12.1 Å². The van der Waals surface area contributed by atoms with E-state index in [0.29, 0.717) is 17.1 Å². The van der Waals surface area contributed by atoms with E-state index >= 15 is 0 Å². The van der Waals surface area contributed by atoms with Gasteiger partial charge in [-0.25, -0.2) is 9.59 Å². The van der Waals surface area contributed by atoms with Crippen LogP contribution in [0.5, 0.6) is 0 Å². The van der Waals surface area contributed by atoms with E-state index in [1.54, 1.807) is 0 Å². The highest BCUT2D eigenvalue weighted by atomic mass is 32.2. The normalized spacial score (nSPS) is 21.4. The third-order valence-electron chi connectivity index (χ3n) is 4.26. The van der Waals surface area contributed by atoms with Crippen LogP contribution in [0.1, 0.15) is 20.7 Å². The van der Waals surface area contributed by atoms with Crippen molar-refractivity contribution in [1.29, 1.82) is 0 Å². The number of aromatic carboxylic acids is 1. The summed E-state index contributed by atoms with van der Waals surface area (Å²) in [6.45, 7) is 0. The summed E-state index contributed by atoms with van der Waals surface area (Å²) in [4.78, 5) is 49.1. The number of β-lactam (4-membered cyclic amide) rings is 1. The van der Waals surface area contributed by atoms with E-state index in [0.717, 1.165) is 0 Å². The van der Waals surface area contributed by atoms with Gasteiger partial charge in [-0.2, -0.15) is 11.8 Å². The molecule has 0 saturated carbocycles. The smallest absolute Gasteiger partial charge is 0.352 e. The Morgan fingerprint density at radius 2 is 1.89 bits per heavy atom. The summed E-state index contributed by atoms with van der Waals surface area (Å²) >= 11 is 2.85. The highest BCUT2D eigenvalue weighted by Gasteiger charge is 2.54. The Hall–Kier alpha value is -2.46. The second kappa shape index (κ2) is 7.65. The lowest BCUT2D eigenvalue weighted by molar-refractivity contribution is -0.148. The highest BCUT2D eigenvalue weighted by molar-refractivity contribution is 8.00. The van der Waals surface area contributed by atoms with Crippen LogP contribution in [0, 0.1) is 0 Å². The van der Waals surface area contributed by atoms with Crippen LogP contribution in [0.15, 0.2) is 35.5 Å². The van der Waals surface area contributed by atoms with Crippen LogP contribution < -0.4 is 5.32 Å². The molecule has 2 amide bonds. The molecular formula is C17H16N2O6S2. The number of hydrogen-bond donors (Lipinski definition) is 3. The first kappa shape index (κ1) is 19.3. The molecule has 1 fully saturated rings. The van der Waals surface area contributed by atoms with Crippen LogP contribution in [-0.2, 0) is 9.59 Å². The Labute approximate surface area is 163 Å². The molecule has 8 nitrogen and oxygen atoms in total. The molecule has 0 aliphatic carbocycles. The van der Waals surface area contributed by atoms with Crippen LogP contribution in [0.2, 0.25) is 0 Å². The molecular weight excluding hydrogens is 392 g/mol. The average Bonchev–Trinajstić information content (AvgIpc) is 2.65. The number of aliphatic carboxylic acids is 1. The monoisotopic (exact) mass is 408 g/mol. The maximum atomic E-state index is 12.5. The third kappa shape index (κ3) is 3.42. The van der Waals surface area contributed by atoms with Crippen molar-refractivity contribution in [3.8, 4) is 0 Å². The number of carboxylic acids is 2. The van der Waals surface area contributed by atoms with E-state index in [1.807, 2.05) is 6.26 Å². The lowest BCUT2D eigenvalue weighted by Gasteiger charge is -2.49. The van der Waals surface area contributed by atoms with Gasteiger partial charge >= 0.3 is 11.9 Å². The van der Waals surface area contributed by atoms with Crippen molar-refractivity contribution in [3.05, 3.63) is 46.7 Å². The van der Waals surface area contributed by atoms with E-state index in [-0.39, 0.29) is 16.8 Å². The SMILES string of the molecule is CSCC1=C(C(=O)O)N2C(=O)C(NC(=O)c3ccccc3C(=O)O)[C@@H]2SC1. The molecule has 0 bridgehead atoms. The Balaban J connectivity index is 1.81. The van der Waals surface area contributed by atoms with E-state index in [4.69, 9.17) is 0 Å². The van der Waals surface area contributed by atoms with Crippen LogP contribution in [-0.4, -0.2) is 68.0 Å². The molecule has 3 rings (SSSR count). The zero-order chi connectivity index (χ0) is 19.7. The predicted molar refractivity (Wildman–Crippen MR) is 101 cm³/mol. The third-order valence-corrected chi connectivity index (χ3v) is 6.23. The highest BCUT2D eigenvalue weighted by Crippen LogP contribution is 2.41. The van der Waals surface area contributed by atoms with Gasteiger partial charge in [-0.05, 0) is 24.0 Å². The molecule has 27 heavy (non-hydrogen) atoms. The number of hydrogen-bond acceptors (Lipinski definition) is 6. The van der Waals surface area contributed by atoms with Gasteiger partial charge in [-0.15, -0.1) is 11.8 Å². The Morgan fingerprint density at radius 1 is 1.22 bits per heavy atom. The van der Waals surface area contributed by atoms with Crippen LogP contribution in [0.4, 0.5) is 0 Å². The molecule has 1 unspecified atom stereocenters. The first-order chi connectivity index (χ1) is 12.9. The second-order valence-corrected chi connectivity index (χ2v) is 7.87. The minimum absolute atomic E-state index is 0.0189. The number of carbonyl (C=O) groups is 4. The molecule has 2 aliphatic rings. The molecule has 142 valence electrons. The number of fused-ring (bicyclic) bond motifs is 1. The van der Waals surface area contributed by atoms with Crippen LogP contribution in [0.25, 0.3) is 0 Å². The van der Waals surface area contributed by atoms with Gasteiger partial charge < -0.3 is 15.5 Å². The molecule has 2 aliphatic heterocycles. The Kier molecular flexibility index (Phi) is 5.47. The lowest BCUT2D eigenvalue weighted by Crippen LogP contribution is -2.70. The molecule has 2 heterocycles. The van der Waals surface area contributed by atoms with Crippen molar-refractivity contribution in [2.24, 2.45) is 0 Å². The molecule has 10 heteroatoms. The Morgan fingerprint density at radius 3 is 2.48 bits per heavy atom. The van der Waals surface area contributed by atoms with E-state index in [2.05, 4.69) is 5.32 Å². The van der Waals surface area contributed by atoms with Crippen molar-refractivity contribution in [3.63, 3.8) is 0 Å². The van der Waals surface area contributed by atoms with Crippen molar-refractivity contribution >= 4 is 47.3 Å². The summed E-state index contributed by atoms with van der Waals surface area (Å²) < 4.78 is 0. The standard InChI is InChI=1S/C17H16N2O6S2/c1-26-6-8-7-27-15-11(14(21)19(15)12(8)17(24)25)18-13(20)9-4-2-3-5-10(9)16(22)23/h2-5,11,15H,6-7H2,1H3,(H,18,20)(H,22,23)(H,24,25)/t11?,15-/m0/s1. The summed E-state index contributed by atoms with van der Waals surface area (Å²) in [6, 6.07) is 4.82. The zero-order valence-corrected chi connectivity index (χ0v) is 15.8. The van der Waals surface area contributed by atoms with Crippen molar-refractivity contribution in [2.75, 3.05) is 17.8 Å². The number of carboxylic acid groups (broad SMARTS) is 2. The molecule has 1 saturated heterocycles.